The summed E-state index contributed by atoms with van der Waals surface area (Å²) >= 11 is 1.47. The molecular formula is C19H17N3O4S. The van der Waals surface area contributed by atoms with Crippen molar-refractivity contribution in [2.75, 3.05) is 5.75 Å². The lowest BCUT2D eigenvalue weighted by Gasteiger charge is -2.12. The van der Waals surface area contributed by atoms with Gasteiger partial charge in [-0.25, -0.2) is 4.98 Å². The van der Waals surface area contributed by atoms with Crippen LogP contribution in [0.2, 0.25) is 0 Å². The Kier molecular flexibility index (Phi) is 4.81. The minimum absolute atomic E-state index is 0.0306. The highest BCUT2D eigenvalue weighted by Gasteiger charge is 2.28. The number of rotatable bonds is 5. The first-order valence-corrected chi connectivity index (χ1v) is 9.48. The Hall–Kier alpha value is -2.87. The maximum absolute atomic E-state index is 12.3. The van der Waals surface area contributed by atoms with E-state index in [0.717, 1.165) is 5.56 Å². The van der Waals surface area contributed by atoms with Gasteiger partial charge in [-0.2, -0.15) is 0 Å². The van der Waals surface area contributed by atoms with E-state index >= 15 is 0 Å². The number of aromatic nitrogens is 3. The summed E-state index contributed by atoms with van der Waals surface area (Å²) in [6, 6.07) is 11.1. The summed E-state index contributed by atoms with van der Waals surface area (Å²) in [5.74, 6) is 0.866. The number of fused-ring (bicyclic) bond motifs is 1. The molecule has 0 N–H and O–H groups in total. The molecule has 3 heterocycles. The molecule has 1 aromatic carbocycles. The van der Waals surface area contributed by atoms with E-state index in [9.17, 15) is 9.59 Å². The fraction of sp³-hybridized carbons (Fsp3) is 0.263. The maximum atomic E-state index is 12.3. The number of benzene rings is 1. The first-order valence-electron chi connectivity index (χ1n) is 8.49. The molecule has 1 atom stereocenters. The molecule has 1 aliphatic heterocycles. The topological polar surface area (TPSA) is 87.2 Å². The van der Waals surface area contributed by atoms with Crippen LogP contribution in [-0.4, -0.2) is 26.4 Å². The fourth-order valence-electron chi connectivity index (χ4n) is 2.89. The van der Waals surface area contributed by atoms with Crippen molar-refractivity contribution in [2.24, 2.45) is 0 Å². The van der Waals surface area contributed by atoms with Crippen molar-refractivity contribution in [1.82, 2.24) is 14.7 Å². The smallest absolute Gasteiger partial charge is 0.308 e. The summed E-state index contributed by atoms with van der Waals surface area (Å²) in [4.78, 5) is 28.8. The van der Waals surface area contributed by atoms with Crippen molar-refractivity contribution < 1.29 is 14.1 Å². The van der Waals surface area contributed by atoms with Crippen LogP contribution in [0.1, 0.15) is 23.7 Å². The lowest BCUT2D eigenvalue weighted by Crippen LogP contribution is -2.27. The number of hydrogen-bond acceptors (Lipinski definition) is 7. The van der Waals surface area contributed by atoms with Gasteiger partial charge in [0, 0.05) is 29.1 Å². The number of thioether (sulfide) groups is 1. The molecular weight excluding hydrogens is 366 g/mol. The highest BCUT2D eigenvalue weighted by Crippen LogP contribution is 2.32. The Bertz CT molecular complexity index is 1030. The minimum atomic E-state index is -0.383. The highest BCUT2D eigenvalue weighted by molar-refractivity contribution is 7.99. The predicted octanol–water partition coefficient (Wildman–Crippen LogP) is 2.99. The summed E-state index contributed by atoms with van der Waals surface area (Å²) in [6.07, 6.45) is 1.69. The van der Waals surface area contributed by atoms with E-state index in [0.29, 0.717) is 27.9 Å². The third kappa shape index (κ3) is 3.66. The molecule has 27 heavy (non-hydrogen) atoms. The molecule has 4 rings (SSSR count). The number of hydrogen-bond donors (Lipinski definition) is 0. The van der Waals surface area contributed by atoms with Gasteiger partial charge in [0.2, 0.25) is 0 Å². The molecule has 0 bridgehead atoms. The van der Waals surface area contributed by atoms with Crippen molar-refractivity contribution >= 4 is 17.7 Å². The van der Waals surface area contributed by atoms with Gasteiger partial charge in [-0.1, -0.05) is 47.3 Å². The Morgan fingerprint density at radius 2 is 2.19 bits per heavy atom. The van der Waals surface area contributed by atoms with E-state index in [1.807, 2.05) is 30.3 Å². The quantitative estimate of drug-likeness (QED) is 0.494. The lowest BCUT2D eigenvalue weighted by molar-refractivity contribution is -0.145. The van der Waals surface area contributed by atoms with Crippen molar-refractivity contribution in [3.8, 4) is 11.3 Å². The van der Waals surface area contributed by atoms with E-state index in [1.54, 1.807) is 23.8 Å². The molecule has 0 fully saturated rings. The third-order valence-corrected chi connectivity index (χ3v) is 5.41. The molecule has 8 heteroatoms. The average Bonchev–Trinajstić information content (AvgIpc) is 3.31. The molecule has 0 amide bonds. The van der Waals surface area contributed by atoms with Gasteiger partial charge in [0.15, 0.2) is 10.9 Å². The second-order valence-corrected chi connectivity index (χ2v) is 7.26. The summed E-state index contributed by atoms with van der Waals surface area (Å²) in [5.41, 5.74) is 1.91. The SMILES string of the molecule is Cc1cnc2n(c1=O)C(CC(=O)OCc1cc(-c3ccccc3)on1)CS2. The van der Waals surface area contributed by atoms with Gasteiger partial charge < -0.3 is 9.26 Å². The summed E-state index contributed by atoms with van der Waals surface area (Å²) in [6.45, 7) is 1.75. The Morgan fingerprint density at radius 1 is 1.37 bits per heavy atom. The summed E-state index contributed by atoms with van der Waals surface area (Å²) in [5, 5.41) is 4.58. The van der Waals surface area contributed by atoms with Crippen molar-refractivity contribution in [1.29, 1.82) is 0 Å². The van der Waals surface area contributed by atoms with Crippen LogP contribution in [0.25, 0.3) is 11.3 Å². The number of aryl methyl sites for hydroxylation is 1. The number of ether oxygens (including phenoxy) is 1. The van der Waals surface area contributed by atoms with Gasteiger partial charge in [0.25, 0.3) is 5.56 Å². The van der Waals surface area contributed by atoms with E-state index < -0.39 is 0 Å². The van der Waals surface area contributed by atoms with Gasteiger partial charge in [0.05, 0.1) is 12.5 Å². The standard InChI is InChI=1S/C19H17N3O4S/c1-12-9-20-19-22(18(12)24)15(11-27-19)8-17(23)25-10-14-7-16(26-21-14)13-5-3-2-4-6-13/h2-7,9,15H,8,10-11H2,1H3. The second-order valence-electron chi connectivity index (χ2n) is 6.28. The monoisotopic (exact) mass is 383 g/mol. The number of carbonyl (C=O) groups is 1. The maximum Gasteiger partial charge on any atom is 0.308 e. The van der Waals surface area contributed by atoms with Crippen LogP contribution < -0.4 is 5.56 Å². The summed E-state index contributed by atoms with van der Waals surface area (Å²) in [7, 11) is 0. The van der Waals surface area contributed by atoms with E-state index in [4.69, 9.17) is 9.26 Å². The lowest BCUT2D eigenvalue weighted by atomic mass is 10.2. The van der Waals surface area contributed by atoms with Gasteiger partial charge in [-0.05, 0) is 6.92 Å². The van der Waals surface area contributed by atoms with Gasteiger partial charge in [0.1, 0.15) is 12.3 Å². The molecule has 0 spiro atoms. The zero-order chi connectivity index (χ0) is 18.8. The fourth-order valence-corrected chi connectivity index (χ4v) is 4.00. The van der Waals surface area contributed by atoms with Gasteiger partial charge >= 0.3 is 5.97 Å². The van der Waals surface area contributed by atoms with E-state index in [-0.39, 0.29) is 30.6 Å². The first-order chi connectivity index (χ1) is 13.1. The molecule has 138 valence electrons. The van der Waals surface area contributed by atoms with Crippen LogP contribution in [0.5, 0.6) is 0 Å². The van der Waals surface area contributed by atoms with E-state index in [2.05, 4.69) is 10.1 Å². The first kappa shape index (κ1) is 17.5. The van der Waals surface area contributed by atoms with Crippen LogP contribution in [0.15, 0.2) is 57.1 Å². The Balaban J connectivity index is 1.37. The minimum Gasteiger partial charge on any atom is -0.459 e. The Morgan fingerprint density at radius 3 is 3.00 bits per heavy atom. The summed E-state index contributed by atoms with van der Waals surface area (Å²) < 4.78 is 12.2. The molecule has 7 nitrogen and oxygen atoms in total. The molecule has 1 unspecified atom stereocenters. The average molecular weight is 383 g/mol. The number of carbonyl (C=O) groups excluding carboxylic acids is 1. The van der Waals surface area contributed by atoms with Crippen LogP contribution in [0, 0.1) is 6.92 Å². The Labute approximate surface area is 159 Å². The normalized spacial score (nSPS) is 15.5. The zero-order valence-electron chi connectivity index (χ0n) is 14.6. The second kappa shape index (κ2) is 7.40. The largest absolute Gasteiger partial charge is 0.459 e. The van der Waals surface area contributed by atoms with Crippen LogP contribution in [-0.2, 0) is 16.1 Å². The predicted molar refractivity (Wildman–Crippen MR) is 99.3 cm³/mol. The van der Waals surface area contributed by atoms with Crippen LogP contribution >= 0.6 is 11.8 Å². The van der Waals surface area contributed by atoms with Crippen LogP contribution in [0.3, 0.4) is 0 Å². The van der Waals surface area contributed by atoms with Crippen molar-refractivity contribution in [3.05, 3.63) is 64.2 Å². The van der Waals surface area contributed by atoms with Crippen LogP contribution in [0.4, 0.5) is 0 Å². The van der Waals surface area contributed by atoms with Gasteiger partial charge in [-0.3, -0.25) is 14.2 Å². The molecule has 1 aliphatic rings. The van der Waals surface area contributed by atoms with Crippen molar-refractivity contribution in [3.63, 3.8) is 0 Å². The third-order valence-electron chi connectivity index (χ3n) is 4.30. The molecule has 0 aliphatic carbocycles. The zero-order valence-corrected chi connectivity index (χ0v) is 15.4. The highest BCUT2D eigenvalue weighted by atomic mass is 32.2. The molecule has 0 saturated carbocycles. The number of esters is 1. The molecule has 2 aromatic heterocycles. The van der Waals surface area contributed by atoms with Gasteiger partial charge in [-0.15, -0.1) is 0 Å². The molecule has 0 radical (unpaired) electrons. The molecule has 3 aromatic rings. The van der Waals surface area contributed by atoms with E-state index in [1.165, 1.54) is 11.8 Å². The molecule has 0 saturated heterocycles. The van der Waals surface area contributed by atoms with Crippen molar-refractivity contribution in [2.45, 2.75) is 31.1 Å². The number of nitrogens with zero attached hydrogens (tertiary/aromatic N) is 3.